The van der Waals surface area contributed by atoms with Gasteiger partial charge in [0, 0.05) is 12.1 Å². The molecule has 4 aromatic rings. The Labute approximate surface area is 177 Å². The lowest BCUT2D eigenvalue weighted by atomic mass is 10.2. The molecule has 1 aliphatic rings. The summed E-state index contributed by atoms with van der Waals surface area (Å²) in [6.07, 6.45) is 3.52. The molecule has 5 rings (SSSR count). The molecule has 2 aromatic carbocycles. The van der Waals surface area contributed by atoms with Crippen molar-refractivity contribution in [3.8, 4) is 11.4 Å². The van der Waals surface area contributed by atoms with E-state index < -0.39 is 11.5 Å². The fourth-order valence-corrected chi connectivity index (χ4v) is 3.88. The molecule has 2 heterocycles. The molecule has 0 N–H and O–H groups in total. The van der Waals surface area contributed by atoms with Gasteiger partial charge in [-0.05, 0) is 43.0 Å². The third-order valence-corrected chi connectivity index (χ3v) is 5.64. The van der Waals surface area contributed by atoms with Gasteiger partial charge in [-0.2, -0.15) is 0 Å². The number of methoxy groups -OCH3 is 1. The van der Waals surface area contributed by atoms with Gasteiger partial charge in [-0.15, -0.1) is 0 Å². The predicted molar refractivity (Wildman–Crippen MR) is 114 cm³/mol. The molecular weight excluding hydrogens is 399 g/mol. The van der Waals surface area contributed by atoms with Crippen LogP contribution in [0.5, 0.6) is 5.75 Å². The highest BCUT2D eigenvalue weighted by Gasteiger charge is 2.26. The zero-order valence-electron chi connectivity index (χ0n) is 17.0. The van der Waals surface area contributed by atoms with Gasteiger partial charge in [0.15, 0.2) is 11.2 Å². The summed E-state index contributed by atoms with van der Waals surface area (Å²) in [4.78, 5) is 31.0. The predicted octanol–water partition coefficient (Wildman–Crippen LogP) is 2.95. The minimum Gasteiger partial charge on any atom is -0.496 e. The average molecular weight is 420 g/mol. The van der Waals surface area contributed by atoms with Gasteiger partial charge >= 0.3 is 5.69 Å². The summed E-state index contributed by atoms with van der Waals surface area (Å²) < 4.78 is 23.7. The van der Waals surface area contributed by atoms with Crippen LogP contribution in [0.3, 0.4) is 0 Å². The lowest BCUT2D eigenvalue weighted by molar-refractivity contribution is 0.408. The second-order valence-corrected chi connectivity index (χ2v) is 7.81. The van der Waals surface area contributed by atoms with Gasteiger partial charge in [0.25, 0.3) is 5.56 Å². The molecule has 0 atom stereocenters. The normalized spacial score (nSPS) is 13.6. The number of aromatic nitrogens is 4. The van der Waals surface area contributed by atoms with Gasteiger partial charge in [0.2, 0.25) is 0 Å². The molecule has 0 amide bonds. The van der Waals surface area contributed by atoms with Crippen LogP contribution in [0.1, 0.15) is 18.4 Å². The standard InChI is InChI=1S/C23H21FN4O3/c1-31-19-8-3-2-5-16(19)13-26-14-25-21-20(26)22(29)27(12-15-9-10-15)23(30)28(21)18-7-4-6-17(24)11-18/h2-8,11,14-15H,9-10,12-13H2,1H3. The first-order chi connectivity index (χ1) is 15.1. The molecule has 0 aliphatic heterocycles. The van der Waals surface area contributed by atoms with Crippen LogP contribution in [-0.4, -0.2) is 25.8 Å². The van der Waals surface area contributed by atoms with E-state index in [4.69, 9.17) is 4.74 Å². The average Bonchev–Trinajstić information content (AvgIpc) is 3.50. The highest BCUT2D eigenvalue weighted by atomic mass is 19.1. The number of hydrogen-bond acceptors (Lipinski definition) is 4. The summed E-state index contributed by atoms with van der Waals surface area (Å²) in [5.41, 5.74) is 0.838. The number of halogens is 1. The largest absolute Gasteiger partial charge is 0.496 e. The number of nitrogens with zero attached hydrogens (tertiary/aromatic N) is 4. The zero-order chi connectivity index (χ0) is 21.5. The van der Waals surface area contributed by atoms with Crippen LogP contribution < -0.4 is 16.0 Å². The Morgan fingerprint density at radius 2 is 1.94 bits per heavy atom. The molecule has 1 aliphatic carbocycles. The molecule has 0 unspecified atom stereocenters. The molecule has 0 spiro atoms. The molecule has 1 saturated carbocycles. The summed E-state index contributed by atoms with van der Waals surface area (Å²) in [7, 11) is 1.59. The van der Waals surface area contributed by atoms with Crippen LogP contribution in [0.25, 0.3) is 16.9 Å². The Hall–Kier alpha value is -3.68. The van der Waals surface area contributed by atoms with Crippen molar-refractivity contribution in [3.05, 3.63) is 87.1 Å². The van der Waals surface area contributed by atoms with Crippen molar-refractivity contribution in [1.82, 2.24) is 18.7 Å². The molecule has 7 nitrogen and oxygen atoms in total. The molecule has 0 bridgehead atoms. The summed E-state index contributed by atoms with van der Waals surface area (Å²) in [6, 6.07) is 13.3. The van der Waals surface area contributed by atoms with Gasteiger partial charge < -0.3 is 9.30 Å². The van der Waals surface area contributed by atoms with E-state index in [1.54, 1.807) is 17.7 Å². The fraction of sp³-hybridized carbons (Fsp3) is 0.261. The third-order valence-electron chi connectivity index (χ3n) is 5.64. The Bertz CT molecular complexity index is 1400. The van der Waals surface area contributed by atoms with Crippen molar-refractivity contribution in [2.75, 3.05) is 7.11 Å². The molecule has 31 heavy (non-hydrogen) atoms. The Morgan fingerprint density at radius 1 is 1.13 bits per heavy atom. The summed E-state index contributed by atoms with van der Waals surface area (Å²) in [5.74, 6) is 0.543. The van der Waals surface area contributed by atoms with Crippen molar-refractivity contribution in [1.29, 1.82) is 0 Å². The van der Waals surface area contributed by atoms with Crippen LogP contribution in [0, 0.1) is 11.7 Å². The molecule has 8 heteroatoms. The van der Waals surface area contributed by atoms with Gasteiger partial charge in [0.05, 0.1) is 25.7 Å². The van der Waals surface area contributed by atoms with Gasteiger partial charge in [0.1, 0.15) is 11.6 Å². The van der Waals surface area contributed by atoms with E-state index in [0.29, 0.717) is 36.0 Å². The summed E-state index contributed by atoms with van der Waals surface area (Å²) in [5, 5.41) is 0. The fourth-order valence-electron chi connectivity index (χ4n) is 3.88. The Morgan fingerprint density at radius 3 is 2.68 bits per heavy atom. The summed E-state index contributed by atoms with van der Waals surface area (Å²) in [6.45, 7) is 0.698. The first-order valence-corrected chi connectivity index (χ1v) is 10.2. The van der Waals surface area contributed by atoms with E-state index in [9.17, 15) is 14.0 Å². The minimum absolute atomic E-state index is 0.211. The first-order valence-electron chi connectivity index (χ1n) is 10.2. The van der Waals surface area contributed by atoms with Crippen LogP contribution in [0.2, 0.25) is 0 Å². The van der Waals surface area contributed by atoms with E-state index in [-0.39, 0.29) is 11.2 Å². The van der Waals surface area contributed by atoms with Crippen LogP contribution in [0.4, 0.5) is 4.39 Å². The van der Waals surface area contributed by atoms with Crippen molar-refractivity contribution < 1.29 is 9.13 Å². The highest BCUT2D eigenvalue weighted by Crippen LogP contribution is 2.30. The van der Waals surface area contributed by atoms with Crippen LogP contribution in [0.15, 0.2) is 64.4 Å². The van der Waals surface area contributed by atoms with E-state index in [2.05, 4.69) is 4.98 Å². The number of benzene rings is 2. The maximum atomic E-state index is 13.9. The van der Waals surface area contributed by atoms with E-state index >= 15 is 0 Å². The zero-order valence-corrected chi connectivity index (χ0v) is 17.0. The van der Waals surface area contributed by atoms with E-state index in [0.717, 1.165) is 18.4 Å². The first kappa shape index (κ1) is 19.3. The number of rotatable bonds is 6. The van der Waals surface area contributed by atoms with E-state index in [1.807, 2.05) is 24.3 Å². The molecule has 2 aromatic heterocycles. The number of fused-ring (bicyclic) bond motifs is 1. The number of para-hydroxylation sites is 1. The SMILES string of the molecule is COc1ccccc1Cn1cnc2c1c(=O)n(CC1CC1)c(=O)n2-c1cccc(F)c1. The van der Waals surface area contributed by atoms with Gasteiger partial charge in [-0.1, -0.05) is 24.3 Å². The van der Waals surface area contributed by atoms with Crippen LogP contribution >= 0.6 is 0 Å². The van der Waals surface area contributed by atoms with Gasteiger partial charge in [-0.3, -0.25) is 9.36 Å². The molecule has 0 saturated heterocycles. The molecule has 0 radical (unpaired) electrons. The molecule has 158 valence electrons. The van der Waals surface area contributed by atoms with E-state index in [1.165, 1.54) is 33.7 Å². The second-order valence-electron chi connectivity index (χ2n) is 7.81. The summed E-state index contributed by atoms with van der Waals surface area (Å²) >= 11 is 0. The minimum atomic E-state index is -0.502. The highest BCUT2D eigenvalue weighted by molar-refractivity contribution is 5.72. The van der Waals surface area contributed by atoms with Crippen molar-refractivity contribution >= 4 is 11.2 Å². The maximum absolute atomic E-state index is 13.9. The topological polar surface area (TPSA) is 71.1 Å². The number of imidazole rings is 1. The van der Waals surface area contributed by atoms with Crippen molar-refractivity contribution in [3.63, 3.8) is 0 Å². The quantitative estimate of drug-likeness (QED) is 0.481. The lowest BCUT2D eigenvalue weighted by Crippen LogP contribution is -2.40. The van der Waals surface area contributed by atoms with Crippen molar-refractivity contribution in [2.24, 2.45) is 5.92 Å². The monoisotopic (exact) mass is 420 g/mol. The van der Waals surface area contributed by atoms with Crippen molar-refractivity contribution in [2.45, 2.75) is 25.9 Å². The second kappa shape index (κ2) is 7.54. The number of ether oxygens (including phenoxy) is 1. The lowest BCUT2D eigenvalue weighted by Gasteiger charge is -2.13. The molecule has 1 fully saturated rings. The van der Waals surface area contributed by atoms with Gasteiger partial charge in [-0.25, -0.2) is 18.7 Å². The smallest absolute Gasteiger partial charge is 0.337 e. The number of hydrogen-bond donors (Lipinski definition) is 0. The van der Waals surface area contributed by atoms with Crippen LogP contribution in [-0.2, 0) is 13.1 Å². The third kappa shape index (κ3) is 3.43. The maximum Gasteiger partial charge on any atom is 0.337 e. The molecular formula is C23H21FN4O3. The Balaban J connectivity index is 1.75. The Kier molecular flexibility index (Phi) is 4.69.